The molecule has 0 bridgehead atoms. The van der Waals surface area contributed by atoms with E-state index in [2.05, 4.69) is 19.7 Å². The van der Waals surface area contributed by atoms with Crippen LogP contribution in [0.3, 0.4) is 0 Å². The largest absolute Gasteiger partial charge is 0.481 e. The lowest BCUT2D eigenvalue weighted by Crippen LogP contribution is -2.17. The summed E-state index contributed by atoms with van der Waals surface area (Å²) in [6.45, 7) is 1.68. The van der Waals surface area contributed by atoms with E-state index in [1.807, 2.05) is 0 Å². The number of sulfonamides is 1. The molecule has 0 saturated carbocycles. The second kappa shape index (κ2) is 5.29. The number of H-pyrrole nitrogens is 1. The normalized spacial score (nSPS) is 11.1. The summed E-state index contributed by atoms with van der Waals surface area (Å²) in [5, 5.41) is 0. The first-order chi connectivity index (χ1) is 9.40. The average molecular weight is 296 g/mol. The molecule has 9 heteroatoms. The second-order valence-electron chi connectivity index (χ2n) is 3.87. The molecule has 0 aliphatic rings. The van der Waals surface area contributed by atoms with Crippen LogP contribution in [0.2, 0.25) is 0 Å². The van der Waals surface area contributed by atoms with E-state index >= 15 is 0 Å². The smallest absolute Gasteiger partial charge is 0.265 e. The first-order valence-electron chi connectivity index (χ1n) is 5.52. The Morgan fingerprint density at radius 1 is 1.30 bits per heavy atom. The van der Waals surface area contributed by atoms with E-state index < -0.39 is 15.6 Å². The second-order valence-corrected chi connectivity index (χ2v) is 5.55. The number of aromatic nitrogens is 3. The molecule has 2 aromatic rings. The zero-order chi connectivity index (χ0) is 14.8. The van der Waals surface area contributed by atoms with Crippen molar-refractivity contribution in [1.82, 2.24) is 15.0 Å². The molecule has 0 fully saturated rings. The molecular weight excluding hydrogens is 284 g/mol. The topological polar surface area (TPSA) is 114 Å². The average Bonchev–Trinajstić information content (AvgIpc) is 2.37. The van der Waals surface area contributed by atoms with Gasteiger partial charge in [-0.25, -0.2) is 18.1 Å². The summed E-state index contributed by atoms with van der Waals surface area (Å²) in [5.41, 5.74) is 0.161. The minimum Gasteiger partial charge on any atom is -0.481 e. The highest BCUT2D eigenvalue weighted by Gasteiger charge is 2.16. The molecule has 2 heterocycles. The molecule has 0 aromatic carbocycles. The summed E-state index contributed by atoms with van der Waals surface area (Å²) >= 11 is 0. The zero-order valence-corrected chi connectivity index (χ0v) is 11.6. The molecule has 2 N–H and O–H groups in total. The number of aromatic amines is 1. The van der Waals surface area contributed by atoms with E-state index in [9.17, 15) is 13.2 Å². The Morgan fingerprint density at radius 2 is 2.05 bits per heavy atom. The minimum absolute atomic E-state index is 0.0961. The molecule has 0 atom stereocenters. The molecule has 0 aliphatic carbocycles. The summed E-state index contributed by atoms with van der Waals surface area (Å²) < 4.78 is 31.3. The van der Waals surface area contributed by atoms with Crippen LogP contribution in [0, 0.1) is 6.92 Å². The Labute approximate surface area is 114 Å². The van der Waals surface area contributed by atoms with Crippen LogP contribution in [-0.4, -0.2) is 30.5 Å². The van der Waals surface area contributed by atoms with Gasteiger partial charge in [0.25, 0.3) is 10.0 Å². The maximum Gasteiger partial charge on any atom is 0.265 e. The van der Waals surface area contributed by atoms with Crippen molar-refractivity contribution in [2.24, 2.45) is 0 Å². The number of nitrogens with zero attached hydrogens (tertiary/aromatic N) is 2. The number of aryl methyl sites for hydroxylation is 1. The van der Waals surface area contributed by atoms with Gasteiger partial charge in [0.15, 0.2) is 0 Å². The minimum atomic E-state index is -3.87. The Hall–Kier alpha value is -2.42. The van der Waals surface area contributed by atoms with Crippen LogP contribution < -0.4 is 15.0 Å². The van der Waals surface area contributed by atoms with E-state index in [0.29, 0.717) is 5.69 Å². The molecule has 8 nitrogen and oxygen atoms in total. The molecule has 0 radical (unpaired) electrons. The Kier molecular flexibility index (Phi) is 3.70. The Balaban J connectivity index is 2.35. The number of methoxy groups -OCH3 is 1. The van der Waals surface area contributed by atoms with Gasteiger partial charge < -0.3 is 9.72 Å². The number of hydrogen-bond donors (Lipinski definition) is 2. The predicted octanol–water partition coefficient (Wildman–Crippen LogP) is 0.283. The number of pyridine rings is 1. The summed E-state index contributed by atoms with van der Waals surface area (Å²) in [6, 6.07) is 3.87. The standard InChI is InChI=1S/C11H12N4O4S/c1-7-5-10(19-2)14-11(13-7)15-20(17,18)8-3-4-9(16)12-6-8/h3-6H,1-2H3,(H,12,16)(H,13,14,15). The van der Waals surface area contributed by atoms with Crippen LogP contribution in [0.4, 0.5) is 5.95 Å². The van der Waals surface area contributed by atoms with Gasteiger partial charge in [-0.15, -0.1) is 0 Å². The Bertz CT molecular complexity index is 765. The van der Waals surface area contributed by atoms with Gasteiger partial charge in [-0.3, -0.25) is 4.79 Å². The summed E-state index contributed by atoms with van der Waals surface area (Å²) in [5.74, 6) is 0.143. The molecule has 0 saturated heterocycles. The number of anilines is 1. The van der Waals surface area contributed by atoms with Crippen LogP contribution in [-0.2, 0) is 10.0 Å². The Morgan fingerprint density at radius 3 is 2.65 bits per heavy atom. The van der Waals surface area contributed by atoms with Gasteiger partial charge in [0.1, 0.15) is 4.90 Å². The van der Waals surface area contributed by atoms with Crippen molar-refractivity contribution in [3.63, 3.8) is 0 Å². The van der Waals surface area contributed by atoms with Crippen LogP contribution in [0.5, 0.6) is 5.88 Å². The van der Waals surface area contributed by atoms with Crippen molar-refractivity contribution in [1.29, 1.82) is 0 Å². The third kappa shape index (κ3) is 3.12. The molecule has 2 aromatic heterocycles. The van der Waals surface area contributed by atoms with Crippen LogP contribution in [0.15, 0.2) is 34.1 Å². The molecule has 2 rings (SSSR count). The molecule has 20 heavy (non-hydrogen) atoms. The van der Waals surface area contributed by atoms with Gasteiger partial charge in [-0.1, -0.05) is 0 Å². The summed E-state index contributed by atoms with van der Waals surface area (Å²) in [4.78, 5) is 21.0. The number of ether oxygens (including phenoxy) is 1. The van der Waals surface area contributed by atoms with E-state index in [1.54, 1.807) is 13.0 Å². The van der Waals surface area contributed by atoms with E-state index in [-0.39, 0.29) is 16.7 Å². The number of nitrogens with one attached hydrogen (secondary N) is 2. The summed E-state index contributed by atoms with van der Waals surface area (Å²) in [6.07, 6.45) is 1.09. The maximum absolute atomic E-state index is 12.1. The quantitative estimate of drug-likeness (QED) is 0.837. The van der Waals surface area contributed by atoms with Crippen molar-refractivity contribution in [2.75, 3.05) is 11.8 Å². The van der Waals surface area contributed by atoms with Crippen molar-refractivity contribution < 1.29 is 13.2 Å². The monoisotopic (exact) mass is 296 g/mol. The molecule has 106 valence electrons. The number of rotatable bonds is 4. The molecular formula is C11H12N4O4S. The van der Waals surface area contributed by atoms with Crippen molar-refractivity contribution in [3.05, 3.63) is 40.4 Å². The van der Waals surface area contributed by atoms with E-state index in [4.69, 9.17) is 4.74 Å². The van der Waals surface area contributed by atoms with Gasteiger partial charge in [0.05, 0.1) is 7.11 Å². The van der Waals surface area contributed by atoms with E-state index in [1.165, 1.54) is 13.2 Å². The first-order valence-corrected chi connectivity index (χ1v) is 7.00. The van der Waals surface area contributed by atoms with Crippen LogP contribution in [0.1, 0.15) is 5.69 Å². The van der Waals surface area contributed by atoms with Crippen molar-refractivity contribution in [3.8, 4) is 5.88 Å². The zero-order valence-electron chi connectivity index (χ0n) is 10.7. The van der Waals surface area contributed by atoms with Gasteiger partial charge in [-0.05, 0) is 13.0 Å². The lowest BCUT2D eigenvalue weighted by molar-refractivity contribution is 0.397. The van der Waals surface area contributed by atoms with Gasteiger partial charge >= 0.3 is 0 Å². The molecule has 0 amide bonds. The van der Waals surface area contributed by atoms with Crippen molar-refractivity contribution >= 4 is 16.0 Å². The fourth-order valence-corrected chi connectivity index (χ4v) is 2.34. The predicted molar refractivity (Wildman–Crippen MR) is 71.2 cm³/mol. The molecule has 0 unspecified atom stereocenters. The van der Waals surface area contributed by atoms with Gasteiger partial charge in [-0.2, -0.15) is 4.98 Å². The summed E-state index contributed by atoms with van der Waals surface area (Å²) in [7, 11) is -2.45. The van der Waals surface area contributed by atoms with Gasteiger partial charge in [0.2, 0.25) is 17.4 Å². The molecule has 0 aliphatic heterocycles. The highest BCUT2D eigenvalue weighted by Crippen LogP contribution is 2.15. The van der Waals surface area contributed by atoms with E-state index in [0.717, 1.165) is 12.3 Å². The fourth-order valence-electron chi connectivity index (χ4n) is 1.43. The van der Waals surface area contributed by atoms with Crippen LogP contribution in [0.25, 0.3) is 0 Å². The third-order valence-corrected chi connectivity index (χ3v) is 3.66. The highest BCUT2D eigenvalue weighted by molar-refractivity contribution is 7.92. The maximum atomic E-state index is 12.1. The lowest BCUT2D eigenvalue weighted by atomic mass is 10.4. The SMILES string of the molecule is COc1cc(C)nc(NS(=O)(=O)c2ccc(=O)[nH]c2)n1. The first kappa shape index (κ1) is 14.0. The lowest BCUT2D eigenvalue weighted by Gasteiger charge is -2.08. The van der Waals surface area contributed by atoms with Gasteiger partial charge in [0, 0.05) is 24.0 Å². The number of hydrogen-bond acceptors (Lipinski definition) is 6. The molecule has 0 spiro atoms. The van der Waals surface area contributed by atoms with Crippen molar-refractivity contribution in [2.45, 2.75) is 11.8 Å². The highest BCUT2D eigenvalue weighted by atomic mass is 32.2. The third-order valence-electron chi connectivity index (χ3n) is 2.33. The fraction of sp³-hybridized carbons (Fsp3) is 0.182. The van der Waals surface area contributed by atoms with Crippen LogP contribution >= 0.6 is 0 Å².